The van der Waals surface area contributed by atoms with Crippen molar-refractivity contribution in [1.82, 2.24) is 9.88 Å². The number of carboxylic acids is 1. The fraction of sp³-hybridized carbons (Fsp3) is 0.143. The lowest BCUT2D eigenvalue weighted by Crippen LogP contribution is -2.25. The summed E-state index contributed by atoms with van der Waals surface area (Å²) in [7, 11) is 3.20. The van der Waals surface area contributed by atoms with Crippen molar-refractivity contribution in [2.24, 2.45) is 7.05 Å². The van der Waals surface area contributed by atoms with Gasteiger partial charge >= 0.3 is 0 Å². The Morgan fingerprint density at radius 2 is 1.79 bits per heavy atom. The molecule has 0 saturated carbocycles. The van der Waals surface area contributed by atoms with Crippen LogP contribution in [0.15, 0.2) is 36.5 Å². The molecule has 5 heteroatoms. The molecule has 1 aromatic heterocycles. The van der Waals surface area contributed by atoms with E-state index >= 15 is 0 Å². The number of aromatic carboxylic acids is 1. The largest absolute Gasteiger partial charge is 0.543 e. The summed E-state index contributed by atoms with van der Waals surface area (Å²) in [6.45, 7) is 0. The third-order valence-electron chi connectivity index (χ3n) is 2.95. The van der Waals surface area contributed by atoms with Crippen LogP contribution in [0.5, 0.6) is 0 Å². The van der Waals surface area contributed by atoms with Crippen LogP contribution in [0.2, 0.25) is 0 Å². The van der Waals surface area contributed by atoms with Crippen LogP contribution in [0.3, 0.4) is 0 Å². The maximum atomic E-state index is 11.4. The minimum absolute atomic E-state index is 0.118. The van der Waals surface area contributed by atoms with Gasteiger partial charge in [-0.25, -0.2) is 0 Å². The monoisotopic (exact) mass is 257 g/mol. The zero-order chi connectivity index (χ0) is 14.0. The van der Waals surface area contributed by atoms with Gasteiger partial charge in [0, 0.05) is 31.4 Å². The Labute approximate surface area is 110 Å². The van der Waals surface area contributed by atoms with Crippen LogP contribution >= 0.6 is 0 Å². The molecule has 1 N–H and O–H groups in total. The highest BCUT2D eigenvalue weighted by molar-refractivity contribution is 5.96. The van der Waals surface area contributed by atoms with Crippen molar-refractivity contribution >= 4 is 11.9 Å². The Bertz CT molecular complexity index is 627. The van der Waals surface area contributed by atoms with E-state index in [1.165, 1.54) is 4.57 Å². The first-order valence-corrected chi connectivity index (χ1v) is 5.73. The quantitative estimate of drug-likeness (QED) is 0.865. The number of nitrogens with one attached hydrogen (secondary N) is 1. The zero-order valence-electron chi connectivity index (χ0n) is 10.6. The summed E-state index contributed by atoms with van der Waals surface area (Å²) >= 11 is 0. The number of nitrogens with zero attached hydrogens (tertiary/aromatic N) is 1. The van der Waals surface area contributed by atoms with Gasteiger partial charge in [-0.1, -0.05) is 12.1 Å². The van der Waals surface area contributed by atoms with Crippen molar-refractivity contribution in [2.45, 2.75) is 0 Å². The Balaban J connectivity index is 2.43. The number of hydrogen-bond donors (Lipinski definition) is 1. The Morgan fingerprint density at radius 3 is 2.32 bits per heavy atom. The molecule has 2 rings (SSSR count). The minimum atomic E-state index is -1.22. The highest BCUT2D eigenvalue weighted by atomic mass is 16.4. The number of rotatable bonds is 3. The maximum Gasteiger partial charge on any atom is 0.251 e. The second-order valence-electron chi connectivity index (χ2n) is 4.13. The summed E-state index contributed by atoms with van der Waals surface area (Å²) in [5, 5.41) is 13.6. The molecule has 0 atom stereocenters. The number of carboxylic acid groups (broad SMARTS) is 1. The van der Waals surface area contributed by atoms with Crippen molar-refractivity contribution in [3.63, 3.8) is 0 Å². The Morgan fingerprint density at radius 1 is 1.16 bits per heavy atom. The summed E-state index contributed by atoms with van der Waals surface area (Å²) in [5.74, 6) is -1.40. The van der Waals surface area contributed by atoms with Gasteiger partial charge in [-0.2, -0.15) is 0 Å². The summed E-state index contributed by atoms with van der Waals surface area (Å²) in [6.07, 6.45) is 1.66. The van der Waals surface area contributed by atoms with Gasteiger partial charge < -0.3 is 19.8 Å². The third kappa shape index (κ3) is 2.35. The van der Waals surface area contributed by atoms with Crippen LogP contribution in [0.25, 0.3) is 11.1 Å². The van der Waals surface area contributed by atoms with Crippen molar-refractivity contribution < 1.29 is 14.7 Å². The Hall–Kier alpha value is -2.56. The van der Waals surface area contributed by atoms with Gasteiger partial charge in [-0.05, 0) is 23.8 Å². The first kappa shape index (κ1) is 12.9. The summed E-state index contributed by atoms with van der Waals surface area (Å²) in [4.78, 5) is 22.5. The molecule has 0 bridgehead atoms. The average Bonchev–Trinajstić information content (AvgIpc) is 2.80. The smallest absolute Gasteiger partial charge is 0.251 e. The van der Waals surface area contributed by atoms with E-state index in [-0.39, 0.29) is 11.6 Å². The lowest BCUT2D eigenvalue weighted by atomic mass is 10.0. The highest BCUT2D eigenvalue weighted by Gasteiger charge is 2.11. The molecule has 1 aromatic carbocycles. The SMILES string of the molecule is CNC(=O)c1ccc(-c2ccn(C)c2C(=O)[O-])cc1. The molecule has 0 radical (unpaired) electrons. The van der Waals surface area contributed by atoms with Crippen molar-refractivity contribution in [3.8, 4) is 11.1 Å². The second kappa shape index (κ2) is 4.97. The molecule has 0 unspecified atom stereocenters. The number of benzene rings is 1. The molecule has 5 nitrogen and oxygen atoms in total. The molecule has 0 aliphatic rings. The van der Waals surface area contributed by atoms with Gasteiger partial charge in [0.25, 0.3) is 5.91 Å². The van der Waals surface area contributed by atoms with Crippen LogP contribution in [0.1, 0.15) is 20.8 Å². The predicted octanol–water partition coefficient (Wildman–Crippen LogP) is 0.415. The lowest BCUT2D eigenvalue weighted by Gasteiger charge is -2.09. The van der Waals surface area contributed by atoms with E-state index in [1.807, 2.05) is 0 Å². The Kier molecular flexibility index (Phi) is 3.37. The van der Waals surface area contributed by atoms with Gasteiger partial charge in [0.05, 0.1) is 11.7 Å². The van der Waals surface area contributed by atoms with E-state index in [1.54, 1.807) is 50.6 Å². The molecule has 1 heterocycles. The number of carbonyl (C=O) groups excluding carboxylic acids is 2. The standard InChI is InChI=1S/C14H14N2O3/c1-15-13(17)10-5-3-9(4-6-10)11-7-8-16(2)12(11)14(18)19/h3-8H,1-2H3,(H,15,17)(H,18,19)/p-1. The molecule has 0 saturated heterocycles. The van der Waals surface area contributed by atoms with E-state index in [0.717, 1.165) is 5.56 Å². The predicted molar refractivity (Wildman–Crippen MR) is 68.6 cm³/mol. The van der Waals surface area contributed by atoms with Crippen molar-refractivity contribution in [1.29, 1.82) is 0 Å². The van der Waals surface area contributed by atoms with Gasteiger partial charge in [0.2, 0.25) is 0 Å². The number of aryl methyl sites for hydroxylation is 1. The number of carbonyl (C=O) groups is 2. The summed E-state index contributed by atoms with van der Waals surface area (Å²) in [6, 6.07) is 8.44. The topological polar surface area (TPSA) is 74.2 Å². The number of hydrogen-bond acceptors (Lipinski definition) is 3. The zero-order valence-corrected chi connectivity index (χ0v) is 10.6. The van der Waals surface area contributed by atoms with Gasteiger partial charge in [-0.15, -0.1) is 0 Å². The minimum Gasteiger partial charge on any atom is -0.543 e. The van der Waals surface area contributed by atoms with E-state index < -0.39 is 5.97 Å². The second-order valence-corrected chi connectivity index (χ2v) is 4.13. The fourth-order valence-corrected chi connectivity index (χ4v) is 1.96. The van der Waals surface area contributed by atoms with E-state index in [4.69, 9.17) is 0 Å². The fourth-order valence-electron chi connectivity index (χ4n) is 1.96. The average molecular weight is 257 g/mol. The molecular weight excluding hydrogens is 244 g/mol. The first-order chi connectivity index (χ1) is 9.04. The molecular formula is C14H13N2O3-. The first-order valence-electron chi connectivity index (χ1n) is 5.73. The number of amides is 1. The van der Waals surface area contributed by atoms with Gasteiger partial charge in [0.15, 0.2) is 0 Å². The van der Waals surface area contributed by atoms with Gasteiger partial charge in [0.1, 0.15) is 0 Å². The normalized spacial score (nSPS) is 10.2. The third-order valence-corrected chi connectivity index (χ3v) is 2.95. The van der Waals surface area contributed by atoms with E-state index in [2.05, 4.69) is 5.32 Å². The lowest BCUT2D eigenvalue weighted by molar-refractivity contribution is -0.255. The van der Waals surface area contributed by atoms with Gasteiger partial charge in [-0.3, -0.25) is 4.79 Å². The van der Waals surface area contributed by atoms with Crippen LogP contribution in [-0.2, 0) is 7.05 Å². The highest BCUT2D eigenvalue weighted by Crippen LogP contribution is 2.24. The molecule has 0 aliphatic carbocycles. The molecule has 0 fully saturated rings. The summed E-state index contributed by atoms with van der Waals surface area (Å²) < 4.78 is 1.50. The van der Waals surface area contributed by atoms with Crippen LogP contribution in [-0.4, -0.2) is 23.5 Å². The van der Waals surface area contributed by atoms with Crippen LogP contribution < -0.4 is 10.4 Å². The molecule has 0 spiro atoms. The molecule has 1 amide bonds. The molecule has 98 valence electrons. The maximum absolute atomic E-state index is 11.4. The molecule has 0 aliphatic heterocycles. The number of aromatic nitrogens is 1. The van der Waals surface area contributed by atoms with Crippen LogP contribution in [0, 0.1) is 0 Å². The van der Waals surface area contributed by atoms with E-state index in [0.29, 0.717) is 11.1 Å². The summed E-state index contributed by atoms with van der Waals surface area (Å²) in [5.41, 5.74) is 1.95. The van der Waals surface area contributed by atoms with E-state index in [9.17, 15) is 14.7 Å². The van der Waals surface area contributed by atoms with Crippen molar-refractivity contribution in [3.05, 3.63) is 47.8 Å². The molecule has 19 heavy (non-hydrogen) atoms. The molecule has 2 aromatic rings. The van der Waals surface area contributed by atoms with Crippen molar-refractivity contribution in [2.75, 3.05) is 7.05 Å². The van der Waals surface area contributed by atoms with Crippen LogP contribution in [0.4, 0.5) is 0 Å².